The number of para-hydroxylation sites is 1. The van der Waals surface area contributed by atoms with Gasteiger partial charge in [0, 0.05) is 13.1 Å². The Balaban J connectivity index is 2.13. The normalized spacial score (nSPS) is 11.8. The second-order valence-corrected chi connectivity index (χ2v) is 7.18. The summed E-state index contributed by atoms with van der Waals surface area (Å²) in [5.74, 6) is -1.54. The fraction of sp³-hybridized carbons (Fsp3) is 0.364. The molecule has 0 aliphatic rings. The van der Waals surface area contributed by atoms with E-state index in [0.717, 1.165) is 0 Å². The van der Waals surface area contributed by atoms with E-state index in [9.17, 15) is 18.4 Å². The molecule has 0 aromatic heterocycles. The number of halogens is 2. The molecule has 0 fully saturated rings. The Hall–Kier alpha value is -2.96. The maximum Gasteiger partial charge on any atom is 0.261 e. The SMILES string of the molecule is CC(C)CNC(=O)C(C)N(Cc1ccc(F)cc1)C(=O)COc1ccccc1F. The monoisotopic (exact) mass is 404 g/mol. The minimum Gasteiger partial charge on any atom is -0.481 e. The molecule has 2 amide bonds. The van der Waals surface area contributed by atoms with Crippen LogP contribution in [-0.2, 0) is 16.1 Å². The van der Waals surface area contributed by atoms with Crippen LogP contribution in [0, 0.1) is 17.6 Å². The van der Waals surface area contributed by atoms with Crippen molar-refractivity contribution < 1.29 is 23.1 Å². The van der Waals surface area contributed by atoms with E-state index < -0.39 is 30.2 Å². The molecule has 29 heavy (non-hydrogen) atoms. The van der Waals surface area contributed by atoms with Crippen LogP contribution >= 0.6 is 0 Å². The molecule has 0 aliphatic heterocycles. The number of amides is 2. The van der Waals surface area contributed by atoms with Crippen LogP contribution in [0.4, 0.5) is 8.78 Å². The van der Waals surface area contributed by atoms with Crippen LogP contribution in [0.15, 0.2) is 48.5 Å². The lowest BCUT2D eigenvalue weighted by Crippen LogP contribution is -2.49. The Labute approximate surface area is 169 Å². The average Bonchev–Trinajstić information content (AvgIpc) is 2.70. The standard InChI is InChI=1S/C22H26F2N2O3/c1-15(2)12-25-22(28)16(3)26(13-17-8-10-18(23)11-9-17)21(27)14-29-20-7-5-4-6-19(20)24/h4-11,15-16H,12-14H2,1-3H3,(H,25,28). The summed E-state index contributed by atoms with van der Waals surface area (Å²) in [6, 6.07) is 10.7. The van der Waals surface area contributed by atoms with Crippen molar-refractivity contribution in [2.24, 2.45) is 5.92 Å². The fourth-order valence-electron chi connectivity index (χ4n) is 2.61. The molecule has 0 bridgehead atoms. The Morgan fingerprint density at radius 1 is 1.03 bits per heavy atom. The minimum absolute atomic E-state index is 0.0421. The first-order valence-electron chi connectivity index (χ1n) is 9.47. The molecule has 0 aliphatic carbocycles. The molecule has 0 saturated carbocycles. The van der Waals surface area contributed by atoms with Crippen LogP contribution in [0.25, 0.3) is 0 Å². The quantitative estimate of drug-likeness (QED) is 0.696. The Kier molecular flexibility index (Phi) is 8.12. The minimum atomic E-state index is -0.782. The maximum absolute atomic E-state index is 13.7. The molecular weight excluding hydrogens is 378 g/mol. The summed E-state index contributed by atoms with van der Waals surface area (Å²) in [4.78, 5) is 26.6. The largest absolute Gasteiger partial charge is 0.481 e. The first kappa shape index (κ1) is 22.3. The van der Waals surface area contributed by atoms with Gasteiger partial charge >= 0.3 is 0 Å². The highest BCUT2D eigenvalue weighted by Gasteiger charge is 2.26. The fourth-order valence-corrected chi connectivity index (χ4v) is 2.61. The summed E-state index contributed by atoms with van der Waals surface area (Å²) in [5, 5.41) is 2.80. The molecule has 0 spiro atoms. The van der Waals surface area contributed by atoms with Crippen molar-refractivity contribution in [3.8, 4) is 5.75 Å². The second kappa shape index (κ2) is 10.5. The van der Waals surface area contributed by atoms with Crippen molar-refractivity contribution in [2.75, 3.05) is 13.2 Å². The molecule has 1 unspecified atom stereocenters. The zero-order valence-electron chi connectivity index (χ0n) is 16.8. The molecule has 5 nitrogen and oxygen atoms in total. The van der Waals surface area contributed by atoms with Crippen LogP contribution in [0.1, 0.15) is 26.3 Å². The molecule has 156 valence electrons. The second-order valence-electron chi connectivity index (χ2n) is 7.18. The number of hydrogen-bond donors (Lipinski definition) is 1. The first-order valence-corrected chi connectivity index (χ1v) is 9.47. The third-order valence-electron chi connectivity index (χ3n) is 4.31. The van der Waals surface area contributed by atoms with Crippen LogP contribution in [0.2, 0.25) is 0 Å². The van der Waals surface area contributed by atoms with Gasteiger partial charge in [0.1, 0.15) is 11.9 Å². The lowest BCUT2D eigenvalue weighted by Gasteiger charge is -2.29. The molecule has 0 radical (unpaired) electrons. The Morgan fingerprint density at radius 3 is 2.31 bits per heavy atom. The van der Waals surface area contributed by atoms with Crippen molar-refractivity contribution in [1.82, 2.24) is 10.2 Å². The van der Waals surface area contributed by atoms with E-state index in [1.165, 1.54) is 35.2 Å². The molecule has 7 heteroatoms. The van der Waals surface area contributed by atoms with Gasteiger partial charge in [-0.15, -0.1) is 0 Å². The van der Waals surface area contributed by atoms with Gasteiger partial charge in [-0.3, -0.25) is 9.59 Å². The van der Waals surface area contributed by atoms with Crippen molar-refractivity contribution >= 4 is 11.8 Å². The molecule has 2 aromatic carbocycles. The van der Waals surface area contributed by atoms with E-state index in [-0.39, 0.29) is 24.1 Å². The Morgan fingerprint density at radius 2 is 1.69 bits per heavy atom. The topological polar surface area (TPSA) is 58.6 Å². The lowest BCUT2D eigenvalue weighted by atomic mass is 10.1. The highest BCUT2D eigenvalue weighted by atomic mass is 19.1. The molecule has 1 N–H and O–H groups in total. The predicted molar refractivity (Wildman–Crippen MR) is 106 cm³/mol. The van der Waals surface area contributed by atoms with Gasteiger partial charge in [-0.1, -0.05) is 38.1 Å². The van der Waals surface area contributed by atoms with Gasteiger partial charge in [-0.05, 0) is 42.7 Å². The summed E-state index contributed by atoms with van der Waals surface area (Å²) in [6.07, 6.45) is 0. The van der Waals surface area contributed by atoms with E-state index in [1.54, 1.807) is 25.1 Å². The van der Waals surface area contributed by atoms with E-state index in [1.807, 2.05) is 13.8 Å². The zero-order chi connectivity index (χ0) is 21.4. The first-order chi connectivity index (χ1) is 13.8. The third kappa shape index (κ3) is 6.85. The van der Waals surface area contributed by atoms with E-state index in [4.69, 9.17) is 4.74 Å². The van der Waals surface area contributed by atoms with Crippen molar-refractivity contribution in [2.45, 2.75) is 33.4 Å². The van der Waals surface area contributed by atoms with Crippen LogP contribution < -0.4 is 10.1 Å². The van der Waals surface area contributed by atoms with E-state index >= 15 is 0 Å². The number of nitrogens with zero attached hydrogens (tertiary/aromatic N) is 1. The lowest BCUT2D eigenvalue weighted by molar-refractivity contribution is -0.142. The van der Waals surface area contributed by atoms with Crippen LogP contribution in [0.3, 0.4) is 0 Å². The molecular formula is C22H26F2N2O3. The van der Waals surface area contributed by atoms with Crippen molar-refractivity contribution in [3.05, 3.63) is 65.7 Å². The summed E-state index contributed by atoms with van der Waals surface area (Å²) in [5.41, 5.74) is 0.661. The predicted octanol–water partition coefficient (Wildman–Crippen LogP) is 3.53. The van der Waals surface area contributed by atoms with Gasteiger partial charge in [-0.25, -0.2) is 8.78 Å². The molecule has 1 atom stereocenters. The number of ether oxygens (including phenoxy) is 1. The van der Waals surface area contributed by atoms with Crippen LogP contribution in [0.5, 0.6) is 5.75 Å². The number of benzene rings is 2. The van der Waals surface area contributed by atoms with Gasteiger partial charge in [0.2, 0.25) is 5.91 Å². The summed E-state index contributed by atoms with van der Waals surface area (Å²) < 4.78 is 32.2. The summed E-state index contributed by atoms with van der Waals surface area (Å²) in [7, 11) is 0. The molecule has 2 rings (SSSR count). The molecule has 0 heterocycles. The van der Waals surface area contributed by atoms with Gasteiger partial charge in [-0.2, -0.15) is 0 Å². The van der Waals surface area contributed by atoms with Gasteiger partial charge in [0.25, 0.3) is 5.91 Å². The zero-order valence-corrected chi connectivity index (χ0v) is 16.8. The van der Waals surface area contributed by atoms with Gasteiger partial charge in [0.05, 0.1) is 0 Å². The smallest absolute Gasteiger partial charge is 0.261 e. The van der Waals surface area contributed by atoms with E-state index in [2.05, 4.69) is 5.32 Å². The molecule has 0 saturated heterocycles. The highest BCUT2D eigenvalue weighted by Crippen LogP contribution is 2.16. The number of rotatable bonds is 9. The molecule has 2 aromatic rings. The highest BCUT2D eigenvalue weighted by molar-refractivity contribution is 5.87. The van der Waals surface area contributed by atoms with Gasteiger partial charge < -0.3 is 15.0 Å². The average molecular weight is 404 g/mol. The maximum atomic E-state index is 13.7. The number of hydrogen-bond acceptors (Lipinski definition) is 3. The van der Waals surface area contributed by atoms with Crippen molar-refractivity contribution in [3.63, 3.8) is 0 Å². The van der Waals surface area contributed by atoms with Crippen molar-refractivity contribution in [1.29, 1.82) is 0 Å². The summed E-state index contributed by atoms with van der Waals surface area (Å²) >= 11 is 0. The number of nitrogens with one attached hydrogen (secondary N) is 1. The van der Waals surface area contributed by atoms with E-state index in [0.29, 0.717) is 12.1 Å². The number of carbonyl (C=O) groups excluding carboxylic acids is 2. The number of carbonyl (C=O) groups is 2. The third-order valence-corrected chi connectivity index (χ3v) is 4.31. The summed E-state index contributed by atoms with van der Waals surface area (Å²) in [6.45, 7) is 5.69. The Bertz CT molecular complexity index is 825. The van der Waals surface area contributed by atoms with Crippen LogP contribution in [-0.4, -0.2) is 35.9 Å². The van der Waals surface area contributed by atoms with Gasteiger partial charge in [0.15, 0.2) is 18.2 Å².